The largest absolute Gasteiger partial charge is 0.384 e. The Labute approximate surface area is 206 Å². The van der Waals surface area contributed by atoms with E-state index in [9.17, 15) is 13.2 Å². The molecule has 1 fully saturated rings. The minimum atomic E-state index is -3.27. The number of halogens is 1. The summed E-state index contributed by atoms with van der Waals surface area (Å²) in [6.45, 7) is 3.52. The average molecular weight is 518 g/mol. The van der Waals surface area contributed by atoms with Crippen molar-refractivity contribution >= 4 is 50.3 Å². The van der Waals surface area contributed by atoms with Crippen LogP contribution < -0.4 is 16.0 Å². The van der Waals surface area contributed by atoms with Gasteiger partial charge in [0.1, 0.15) is 23.5 Å². The number of aromatic nitrogens is 5. The van der Waals surface area contributed by atoms with Crippen molar-refractivity contribution in [3.63, 3.8) is 0 Å². The van der Waals surface area contributed by atoms with Crippen molar-refractivity contribution in [1.82, 2.24) is 33.6 Å². The van der Waals surface area contributed by atoms with Crippen LogP contribution in [0.5, 0.6) is 0 Å². The van der Waals surface area contributed by atoms with E-state index in [-0.39, 0.29) is 11.7 Å². The van der Waals surface area contributed by atoms with Gasteiger partial charge in [-0.3, -0.25) is 9.20 Å². The normalized spacial score (nSPS) is 16.1. The zero-order chi connectivity index (χ0) is 24.9. The van der Waals surface area contributed by atoms with Crippen LogP contribution in [0.1, 0.15) is 28.9 Å². The third kappa shape index (κ3) is 4.26. The number of nitrogens with two attached hydrogens (primary N) is 1. The number of nitrogens with zero attached hydrogens (tertiary/aromatic N) is 7. The maximum Gasteiger partial charge on any atom is 0.257 e. The van der Waals surface area contributed by atoms with Crippen LogP contribution in [0.2, 0.25) is 5.02 Å². The molecule has 0 aliphatic carbocycles. The van der Waals surface area contributed by atoms with Crippen LogP contribution in [-0.4, -0.2) is 75.0 Å². The van der Waals surface area contributed by atoms with E-state index in [0.717, 1.165) is 16.9 Å². The number of fused-ring (bicyclic) bond motifs is 2. The van der Waals surface area contributed by atoms with Crippen molar-refractivity contribution in [3.05, 3.63) is 53.2 Å². The molecule has 12 nitrogen and oxygen atoms in total. The number of nitrogens with one attached hydrogen (secondary N) is 1. The number of hydrogen-bond donors (Lipinski definition) is 2. The van der Waals surface area contributed by atoms with Gasteiger partial charge in [-0.15, -0.1) is 0 Å². The zero-order valence-corrected chi connectivity index (χ0v) is 20.7. The Morgan fingerprint density at radius 1 is 1.23 bits per heavy atom. The molecule has 0 bridgehead atoms. The molecule has 184 valence electrons. The third-order valence-corrected chi connectivity index (χ3v) is 7.71. The molecule has 5 rings (SSSR count). The van der Waals surface area contributed by atoms with Gasteiger partial charge >= 0.3 is 0 Å². The Hall–Kier alpha value is -3.42. The predicted octanol–water partition coefficient (Wildman–Crippen LogP) is 1.19. The number of sulfonamides is 1. The minimum Gasteiger partial charge on any atom is -0.384 e. The monoisotopic (exact) mass is 517 g/mol. The second kappa shape index (κ2) is 8.66. The molecule has 1 amide bonds. The fourth-order valence-corrected chi connectivity index (χ4v) is 5.42. The van der Waals surface area contributed by atoms with Crippen molar-refractivity contribution in [2.75, 3.05) is 43.1 Å². The molecule has 0 aromatic carbocycles. The van der Waals surface area contributed by atoms with Crippen LogP contribution in [0.15, 0.2) is 37.1 Å². The molecule has 0 spiro atoms. The number of nitrogen functional groups attached to an aromatic ring is 1. The fourth-order valence-electron chi connectivity index (χ4n) is 4.33. The van der Waals surface area contributed by atoms with Gasteiger partial charge < -0.3 is 16.0 Å². The van der Waals surface area contributed by atoms with Gasteiger partial charge in [0.2, 0.25) is 10.0 Å². The van der Waals surface area contributed by atoms with Crippen LogP contribution >= 0.6 is 11.6 Å². The molecular weight excluding hydrogens is 494 g/mol. The summed E-state index contributed by atoms with van der Waals surface area (Å²) in [5.74, 6) is 0.721. The number of amides is 1. The van der Waals surface area contributed by atoms with Gasteiger partial charge in [0.25, 0.3) is 5.91 Å². The molecule has 35 heavy (non-hydrogen) atoms. The average Bonchev–Trinajstić information content (AvgIpc) is 3.46. The molecule has 14 heteroatoms. The lowest BCUT2D eigenvalue weighted by atomic mass is 10.1. The fraction of sp³-hybridized carbons (Fsp3) is 0.333. The maximum absolute atomic E-state index is 13.2. The molecule has 3 N–H and O–H groups in total. The third-order valence-electron chi connectivity index (χ3n) is 6.11. The molecule has 5 heterocycles. The summed E-state index contributed by atoms with van der Waals surface area (Å²) >= 11 is 6.56. The number of imidazole rings is 1. The summed E-state index contributed by atoms with van der Waals surface area (Å²) < 4.78 is 28.8. The van der Waals surface area contributed by atoms with Gasteiger partial charge in [-0.25, -0.2) is 22.9 Å². The number of pyridine rings is 1. The van der Waals surface area contributed by atoms with E-state index in [4.69, 9.17) is 17.3 Å². The number of carbonyl (C=O) groups is 1. The lowest BCUT2D eigenvalue weighted by Crippen LogP contribution is -2.49. The van der Waals surface area contributed by atoms with Crippen LogP contribution in [0, 0.1) is 0 Å². The van der Waals surface area contributed by atoms with Gasteiger partial charge in [0.15, 0.2) is 5.65 Å². The summed E-state index contributed by atoms with van der Waals surface area (Å²) in [5.41, 5.74) is 7.93. The molecule has 1 unspecified atom stereocenters. The highest BCUT2D eigenvalue weighted by molar-refractivity contribution is 7.88. The molecule has 1 aliphatic heterocycles. The molecule has 1 saturated heterocycles. The van der Waals surface area contributed by atoms with E-state index in [0.29, 0.717) is 42.4 Å². The second-order valence-corrected chi connectivity index (χ2v) is 10.8. The molecule has 0 saturated carbocycles. The summed E-state index contributed by atoms with van der Waals surface area (Å²) in [4.78, 5) is 23.7. The van der Waals surface area contributed by atoms with Gasteiger partial charge in [-0.1, -0.05) is 11.6 Å². The number of piperazine rings is 1. The summed E-state index contributed by atoms with van der Waals surface area (Å²) in [6, 6.07) is 2.96. The maximum atomic E-state index is 13.2. The number of rotatable bonds is 5. The van der Waals surface area contributed by atoms with Crippen molar-refractivity contribution in [3.8, 4) is 0 Å². The Bertz CT molecular complexity index is 1540. The van der Waals surface area contributed by atoms with E-state index < -0.39 is 16.1 Å². The Kier molecular flexibility index (Phi) is 5.77. The first kappa shape index (κ1) is 23.3. The summed E-state index contributed by atoms with van der Waals surface area (Å²) in [5, 5.41) is 7.67. The number of hydrogen-bond acceptors (Lipinski definition) is 8. The summed E-state index contributed by atoms with van der Waals surface area (Å²) in [7, 11) is -3.27. The van der Waals surface area contributed by atoms with E-state index in [1.807, 2.05) is 17.4 Å². The molecule has 4 aromatic heterocycles. The topological polar surface area (TPSA) is 143 Å². The Morgan fingerprint density at radius 2 is 1.97 bits per heavy atom. The van der Waals surface area contributed by atoms with Crippen LogP contribution in [0.3, 0.4) is 0 Å². The lowest BCUT2D eigenvalue weighted by molar-refractivity contribution is 0.0941. The van der Waals surface area contributed by atoms with Crippen LogP contribution in [0.25, 0.3) is 11.2 Å². The Balaban J connectivity index is 1.49. The Morgan fingerprint density at radius 3 is 2.69 bits per heavy atom. The van der Waals surface area contributed by atoms with Gasteiger partial charge in [-0.05, 0) is 19.1 Å². The molecule has 1 aliphatic rings. The first-order valence-electron chi connectivity index (χ1n) is 10.9. The van der Waals surface area contributed by atoms with Gasteiger partial charge in [0, 0.05) is 37.9 Å². The summed E-state index contributed by atoms with van der Waals surface area (Å²) in [6.07, 6.45) is 7.63. The lowest BCUT2D eigenvalue weighted by Gasteiger charge is -2.36. The molecule has 4 aromatic rings. The van der Waals surface area contributed by atoms with E-state index in [1.54, 1.807) is 24.8 Å². The van der Waals surface area contributed by atoms with Crippen LogP contribution in [0.4, 0.5) is 11.6 Å². The molecule has 1 atom stereocenters. The zero-order valence-electron chi connectivity index (χ0n) is 19.1. The smallest absolute Gasteiger partial charge is 0.257 e. The quantitative estimate of drug-likeness (QED) is 0.401. The molecule has 0 radical (unpaired) electrons. The highest BCUT2D eigenvalue weighted by atomic mass is 35.5. The standard InChI is InChI=1S/C21H24ClN9O3S/c1-13(26-20(32)15-10-25-31-4-3-18(23)27-19(15)31)14-9-16(22)17-11-24-12-30(17)21(14)28-5-7-29(8-6-28)35(2,33)34/h3-4,9-13H,5-8H2,1-2H3,(H2,23,27)(H,26,32). The van der Waals surface area contributed by atoms with Crippen LogP contribution in [-0.2, 0) is 10.0 Å². The van der Waals surface area contributed by atoms with Crippen molar-refractivity contribution in [2.24, 2.45) is 0 Å². The second-order valence-electron chi connectivity index (χ2n) is 8.44. The predicted molar refractivity (Wildman–Crippen MR) is 132 cm³/mol. The molecular formula is C21H24ClN9O3S. The first-order chi connectivity index (χ1) is 16.6. The minimum absolute atomic E-state index is 0.285. The van der Waals surface area contributed by atoms with Crippen molar-refractivity contribution in [1.29, 1.82) is 0 Å². The highest BCUT2D eigenvalue weighted by Crippen LogP contribution is 2.33. The van der Waals surface area contributed by atoms with Crippen molar-refractivity contribution < 1.29 is 13.2 Å². The highest BCUT2D eigenvalue weighted by Gasteiger charge is 2.28. The van der Waals surface area contributed by atoms with E-state index in [1.165, 1.54) is 21.3 Å². The SMILES string of the molecule is CC(NC(=O)c1cnn2ccc(N)nc12)c1cc(Cl)c2cncn2c1N1CCN(S(C)(=O)=O)CC1. The number of carbonyl (C=O) groups excluding carboxylic acids is 1. The first-order valence-corrected chi connectivity index (χ1v) is 13.1. The van der Waals surface area contributed by atoms with Gasteiger partial charge in [0.05, 0.1) is 35.2 Å². The van der Waals surface area contributed by atoms with E-state index in [2.05, 4.69) is 25.3 Å². The van der Waals surface area contributed by atoms with E-state index >= 15 is 0 Å². The van der Waals surface area contributed by atoms with Crippen molar-refractivity contribution in [2.45, 2.75) is 13.0 Å². The van der Waals surface area contributed by atoms with Gasteiger partial charge in [-0.2, -0.15) is 9.40 Å². The number of anilines is 2.